The Morgan fingerprint density at radius 3 is 2.19 bits per heavy atom. The number of imidazole rings is 2. The van der Waals surface area contributed by atoms with Crippen molar-refractivity contribution >= 4 is 22.7 Å². The Hall–Kier alpha value is -5.94. The first-order valence-corrected chi connectivity index (χ1v) is 19.8. The number of amides is 1. The summed E-state index contributed by atoms with van der Waals surface area (Å²) in [7, 11) is 4.67. The van der Waals surface area contributed by atoms with E-state index in [4.69, 9.17) is 24.2 Å². The fraction of sp³-hybridized carbons (Fsp3) is 0.348. The molecule has 6 aromatic rings. The van der Waals surface area contributed by atoms with Gasteiger partial charge in [-0.25, -0.2) is 9.97 Å². The molecule has 4 heterocycles. The average Bonchev–Trinajstić information content (AvgIpc) is 4.01. The van der Waals surface area contributed by atoms with Gasteiger partial charge in [0, 0.05) is 48.9 Å². The van der Waals surface area contributed by atoms with Crippen LogP contribution in [0.15, 0.2) is 109 Å². The van der Waals surface area contributed by atoms with Crippen molar-refractivity contribution in [3.63, 3.8) is 0 Å². The molecule has 1 atom stereocenters. The predicted octanol–water partition coefficient (Wildman–Crippen LogP) is 7.12. The number of benzene rings is 4. The van der Waals surface area contributed by atoms with Crippen molar-refractivity contribution in [3.8, 4) is 17.2 Å². The third kappa shape index (κ3) is 7.76. The molecule has 0 bridgehead atoms. The zero-order valence-electron chi connectivity index (χ0n) is 33.0. The number of hydrogen-bond donors (Lipinski definition) is 0. The van der Waals surface area contributed by atoms with Gasteiger partial charge in [-0.1, -0.05) is 72.8 Å². The molecule has 1 amide bonds. The molecule has 2 aliphatic heterocycles. The molecule has 57 heavy (non-hydrogen) atoms. The lowest BCUT2D eigenvalue weighted by Gasteiger charge is -2.36. The highest BCUT2D eigenvalue weighted by Gasteiger charge is 2.42. The second-order valence-electron chi connectivity index (χ2n) is 15.2. The average molecular weight is 767 g/mol. The number of likely N-dealkylation sites (tertiary alicyclic amines) is 2. The van der Waals surface area contributed by atoms with Gasteiger partial charge in [0.15, 0.2) is 17.3 Å². The number of para-hydroxylation sites is 2. The Kier molecular flexibility index (Phi) is 11.1. The Labute approximate surface area is 333 Å². The van der Waals surface area contributed by atoms with E-state index in [1.807, 2.05) is 65.8 Å². The minimum Gasteiger partial charge on any atom is -0.493 e. The number of Topliss-reactive ketones (excluding diaryl/α,β-unsaturated/α-hetero) is 1. The van der Waals surface area contributed by atoms with Crippen molar-refractivity contribution < 1.29 is 23.8 Å². The minimum absolute atomic E-state index is 0.0578. The second kappa shape index (κ2) is 16.7. The van der Waals surface area contributed by atoms with E-state index < -0.39 is 0 Å². The Morgan fingerprint density at radius 2 is 1.49 bits per heavy atom. The number of fused-ring (bicyclic) bond motifs is 1. The zero-order chi connectivity index (χ0) is 39.4. The number of piperidine rings is 1. The number of rotatable bonds is 14. The smallest absolute Gasteiger partial charge is 0.254 e. The summed E-state index contributed by atoms with van der Waals surface area (Å²) in [6.07, 6.45) is 7.14. The molecule has 1 unspecified atom stereocenters. The van der Waals surface area contributed by atoms with Crippen LogP contribution in [0.2, 0.25) is 0 Å². The number of ether oxygens (including phenoxy) is 3. The van der Waals surface area contributed by atoms with E-state index in [0.717, 1.165) is 62.2 Å². The van der Waals surface area contributed by atoms with Crippen molar-refractivity contribution in [2.75, 3.05) is 54.1 Å². The van der Waals surface area contributed by atoms with Gasteiger partial charge in [0.2, 0.25) is 11.5 Å². The number of methoxy groups -OCH3 is 3. The lowest BCUT2D eigenvalue weighted by atomic mass is 9.76. The van der Waals surface area contributed by atoms with Crippen LogP contribution >= 0.6 is 0 Å². The van der Waals surface area contributed by atoms with Gasteiger partial charge < -0.3 is 33.1 Å². The Morgan fingerprint density at radius 1 is 0.807 bits per heavy atom. The van der Waals surface area contributed by atoms with Gasteiger partial charge >= 0.3 is 0 Å². The van der Waals surface area contributed by atoms with Crippen LogP contribution in [0.3, 0.4) is 0 Å². The number of carbonyl (C=O) groups excluding carboxylic acids is 2. The largest absolute Gasteiger partial charge is 0.493 e. The first kappa shape index (κ1) is 38.0. The molecule has 0 saturated carbocycles. The minimum atomic E-state index is -0.193. The molecule has 0 aliphatic carbocycles. The molecule has 2 saturated heterocycles. The second-order valence-corrected chi connectivity index (χ2v) is 15.2. The van der Waals surface area contributed by atoms with Crippen molar-refractivity contribution in [2.24, 2.45) is 5.92 Å². The summed E-state index contributed by atoms with van der Waals surface area (Å²) in [4.78, 5) is 42.4. The van der Waals surface area contributed by atoms with Crippen LogP contribution in [0.1, 0.15) is 63.6 Å². The standard InChI is InChI=1S/C46H50N6O5/c1-55-39-28-35(29-40(56-2)43(39)57-3)45(54)51-26-21-46(32-51,36-14-8-5-9-15-36)20-25-49-23-18-34(19-24-49)42(53)44-48-37-16-10-11-17-38(37)52(44)31-41-47-22-27-50(41)30-33-12-6-4-7-13-33/h4-17,22,27-29,34H,18-21,23-26,30-32H2,1-3H3. The van der Waals surface area contributed by atoms with E-state index >= 15 is 0 Å². The Balaban J connectivity index is 0.947. The van der Waals surface area contributed by atoms with E-state index in [1.165, 1.54) is 11.1 Å². The maximum Gasteiger partial charge on any atom is 0.254 e. The molecule has 0 spiro atoms. The van der Waals surface area contributed by atoms with Gasteiger partial charge in [-0.3, -0.25) is 9.59 Å². The van der Waals surface area contributed by atoms with Crippen molar-refractivity contribution in [2.45, 2.75) is 44.2 Å². The number of aromatic nitrogens is 4. The molecular weight excluding hydrogens is 717 g/mol. The highest BCUT2D eigenvalue weighted by atomic mass is 16.5. The SMILES string of the molecule is COc1cc(C(=O)N2CCC(CCN3CCC(C(=O)c4nc5ccccc5n4Cc4nccn4Cc4ccccc4)CC3)(c3ccccc3)C2)cc(OC)c1OC. The highest BCUT2D eigenvalue weighted by Crippen LogP contribution is 2.42. The molecule has 8 rings (SSSR count). The number of carbonyl (C=O) groups is 2. The molecule has 11 nitrogen and oxygen atoms in total. The number of ketones is 1. The first-order valence-electron chi connectivity index (χ1n) is 19.8. The fourth-order valence-corrected chi connectivity index (χ4v) is 8.76. The first-order chi connectivity index (χ1) is 27.9. The lowest BCUT2D eigenvalue weighted by Crippen LogP contribution is -2.41. The quantitative estimate of drug-likeness (QED) is 0.108. The molecule has 0 radical (unpaired) electrons. The van der Waals surface area contributed by atoms with E-state index in [9.17, 15) is 9.59 Å². The highest BCUT2D eigenvalue weighted by molar-refractivity contribution is 5.98. The zero-order valence-corrected chi connectivity index (χ0v) is 33.0. The topological polar surface area (TPSA) is 104 Å². The van der Waals surface area contributed by atoms with Crippen LogP contribution in [0.4, 0.5) is 0 Å². The summed E-state index contributed by atoms with van der Waals surface area (Å²) in [5.74, 6) is 2.70. The number of nitrogens with zero attached hydrogens (tertiary/aromatic N) is 6. The molecule has 2 fully saturated rings. The monoisotopic (exact) mass is 766 g/mol. The van der Waals surface area contributed by atoms with E-state index in [2.05, 4.69) is 50.4 Å². The molecule has 11 heteroatoms. The van der Waals surface area contributed by atoms with Crippen LogP contribution < -0.4 is 14.2 Å². The molecule has 4 aromatic carbocycles. The van der Waals surface area contributed by atoms with Crippen molar-refractivity contribution in [1.29, 1.82) is 0 Å². The molecule has 2 aliphatic rings. The summed E-state index contributed by atoms with van der Waals surface area (Å²) >= 11 is 0. The summed E-state index contributed by atoms with van der Waals surface area (Å²) < 4.78 is 20.8. The molecule has 294 valence electrons. The van der Waals surface area contributed by atoms with Gasteiger partial charge in [0.05, 0.1) is 38.9 Å². The van der Waals surface area contributed by atoms with E-state index in [-0.39, 0.29) is 23.0 Å². The van der Waals surface area contributed by atoms with Crippen LogP contribution in [-0.2, 0) is 18.5 Å². The third-order valence-corrected chi connectivity index (χ3v) is 12.0. The summed E-state index contributed by atoms with van der Waals surface area (Å²) in [5, 5.41) is 0. The summed E-state index contributed by atoms with van der Waals surface area (Å²) in [6, 6.07) is 32.4. The van der Waals surface area contributed by atoms with Gasteiger partial charge in [-0.15, -0.1) is 0 Å². The van der Waals surface area contributed by atoms with Crippen LogP contribution in [-0.4, -0.2) is 94.6 Å². The van der Waals surface area contributed by atoms with Crippen LogP contribution in [0.5, 0.6) is 17.2 Å². The third-order valence-electron chi connectivity index (χ3n) is 12.0. The van der Waals surface area contributed by atoms with Gasteiger partial charge in [-0.05, 0) is 80.7 Å². The molecular formula is C46H50N6O5. The summed E-state index contributed by atoms with van der Waals surface area (Å²) in [6.45, 7) is 4.97. The van der Waals surface area contributed by atoms with Gasteiger partial charge in [0.1, 0.15) is 5.82 Å². The number of hydrogen-bond acceptors (Lipinski definition) is 8. The maximum absolute atomic E-state index is 14.3. The maximum atomic E-state index is 14.3. The normalized spacial score (nSPS) is 17.6. The van der Waals surface area contributed by atoms with Gasteiger partial charge in [0.25, 0.3) is 5.91 Å². The van der Waals surface area contributed by atoms with Crippen LogP contribution in [0, 0.1) is 5.92 Å². The van der Waals surface area contributed by atoms with E-state index in [0.29, 0.717) is 54.8 Å². The molecule has 0 N–H and O–H groups in total. The van der Waals surface area contributed by atoms with Crippen LogP contribution in [0.25, 0.3) is 11.0 Å². The lowest BCUT2D eigenvalue weighted by molar-refractivity contribution is 0.0777. The summed E-state index contributed by atoms with van der Waals surface area (Å²) in [5.41, 5.74) is 4.51. The fourth-order valence-electron chi connectivity index (χ4n) is 8.76. The predicted molar refractivity (Wildman–Crippen MR) is 219 cm³/mol. The Bertz CT molecular complexity index is 2310. The van der Waals surface area contributed by atoms with Crippen molar-refractivity contribution in [1.82, 2.24) is 28.9 Å². The van der Waals surface area contributed by atoms with E-state index in [1.54, 1.807) is 33.5 Å². The van der Waals surface area contributed by atoms with Gasteiger partial charge in [-0.2, -0.15) is 0 Å². The molecule has 2 aromatic heterocycles. The van der Waals surface area contributed by atoms with Crippen molar-refractivity contribution in [3.05, 3.63) is 138 Å².